The Kier molecular flexibility index (Phi) is 4.47. The molecule has 0 heterocycles. The van der Waals surface area contributed by atoms with E-state index in [4.69, 9.17) is 11.6 Å². The largest absolute Gasteiger partial charge is 0.389 e. The van der Waals surface area contributed by atoms with Crippen molar-refractivity contribution in [3.63, 3.8) is 0 Å². The molecule has 0 amide bonds. The van der Waals surface area contributed by atoms with Gasteiger partial charge in [-0.3, -0.25) is 0 Å². The molecule has 2 aromatic carbocycles. The SMILES string of the molecule is OC1(Cc2ccc(Br)cc2Cl)CCc2cc(Br)ccc2C1. The fourth-order valence-corrected chi connectivity index (χ4v) is 4.13. The monoisotopic (exact) mass is 428 g/mol. The van der Waals surface area contributed by atoms with E-state index in [9.17, 15) is 5.11 Å². The molecule has 21 heavy (non-hydrogen) atoms. The molecule has 1 nitrogen and oxygen atoms in total. The first-order valence-corrected chi connectivity index (χ1v) is 8.85. The Hall–Kier alpha value is -0.350. The standard InChI is InChI=1S/C17H15Br2ClO/c18-14-3-1-12-9-17(21,6-5-11(12)7-14)10-13-2-4-15(19)8-16(13)20/h1-4,7-8,21H,5-6,9-10H2. The third-order valence-corrected chi connectivity index (χ3v) is 5.42. The number of hydrogen-bond donors (Lipinski definition) is 1. The smallest absolute Gasteiger partial charge is 0.0731 e. The van der Waals surface area contributed by atoms with Crippen LogP contribution in [-0.4, -0.2) is 10.7 Å². The van der Waals surface area contributed by atoms with E-state index in [-0.39, 0.29) is 0 Å². The number of halogens is 3. The Bertz CT molecular complexity index is 686. The van der Waals surface area contributed by atoms with Crippen molar-refractivity contribution < 1.29 is 5.11 Å². The van der Waals surface area contributed by atoms with E-state index in [0.29, 0.717) is 17.9 Å². The normalized spacial score (nSPS) is 21.1. The summed E-state index contributed by atoms with van der Waals surface area (Å²) < 4.78 is 2.06. The molecule has 4 heteroatoms. The van der Waals surface area contributed by atoms with Crippen molar-refractivity contribution in [3.8, 4) is 0 Å². The number of aliphatic hydroxyl groups is 1. The summed E-state index contributed by atoms with van der Waals surface area (Å²) in [5, 5.41) is 11.7. The number of hydrogen-bond acceptors (Lipinski definition) is 1. The van der Waals surface area contributed by atoms with Gasteiger partial charge >= 0.3 is 0 Å². The average Bonchev–Trinajstić information content (AvgIpc) is 2.43. The molecular weight excluding hydrogens is 415 g/mol. The summed E-state index contributed by atoms with van der Waals surface area (Å²) in [6, 6.07) is 12.1. The number of rotatable bonds is 2. The van der Waals surface area contributed by atoms with Crippen molar-refractivity contribution in [1.82, 2.24) is 0 Å². The van der Waals surface area contributed by atoms with Gasteiger partial charge < -0.3 is 5.11 Å². The van der Waals surface area contributed by atoms with E-state index in [1.165, 1.54) is 11.1 Å². The summed E-state index contributed by atoms with van der Waals surface area (Å²) in [7, 11) is 0. The molecule has 1 N–H and O–H groups in total. The maximum atomic E-state index is 11.0. The predicted octanol–water partition coefficient (Wildman–Crippen LogP) is 5.33. The summed E-state index contributed by atoms with van der Waals surface area (Å²) in [5.74, 6) is 0. The minimum atomic E-state index is -0.710. The lowest BCUT2D eigenvalue weighted by molar-refractivity contribution is 0.0267. The molecule has 2 aromatic rings. The van der Waals surface area contributed by atoms with Gasteiger partial charge in [0.25, 0.3) is 0 Å². The molecule has 3 rings (SSSR count). The molecule has 1 unspecified atom stereocenters. The summed E-state index contributed by atoms with van der Waals surface area (Å²) in [4.78, 5) is 0. The van der Waals surface area contributed by atoms with Gasteiger partial charge in [0.05, 0.1) is 5.60 Å². The lowest BCUT2D eigenvalue weighted by Crippen LogP contribution is -2.38. The lowest BCUT2D eigenvalue weighted by Gasteiger charge is -2.34. The molecule has 0 saturated carbocycles. The molecule has 110 valence electrons. The molecule has 0 fully saturated rings. The van der Waals surface area contributed by atoms with E-state index >= 15 is 0 Å². The second-order valence-corrected chi connectivity index (χ2v) is 7.97. The van der Waals surface area contributed by atoms with Gasteiger partial charge in [-0.25, -0.2) is 0 Å². The van der Waals surface area contributed by atoms with Crippen molar-refractivity contribution in [2.75, 3.05) is 0 Å². The van der Waals surface area contributed by atoms with Crippen molar-refractivity contribution >= 4 is 43.5 Å². The van der Waals surface area contributed by atoms with Crippen LogP contribution in [0.5, 0.6) is 0 Å². The predicted molar refractivity (Wildman–Crippen MR) is 94.0 cm³/mol. The molecule has 0 aromatic heterocycles. The minimum Gasteiger partial charge on any atom is -0.389 e. The molecule has 1 aliphatic carbocycles. The van der Waals surface area contributed by atoms with Gasteiger partial charge in [-0.15, -0.1) is 0 Å². The Labute approximate surface area is 146 Å². The van der Waals surface area contributed by atoms with Crippen molar-refractivity contribution in [1.29, 1.82) is 0 Å². The van der Waals surface area contributed by atoms with Gasteiger partial charge in [0.2, 0.25) is 0 Å². The molecule has 0 saturated heterocycles. The fourth-order valence-electron chi connectivity index (χ4n) is 2.98. The zero-order valence-corrected chi connectivity index (χ0v) is 15.3. The maximum Gasteiger partial charge on any atom is 0.0731 e. The molecular formula is C17H15Br2ClO. The van der Waals surface area contributed by atoms with E-state index < -0.39 is 5.60 Å². The van der Waals surface area contributed by atoms with Crippen molar-refractivity contribution in [3.05, 3.63) is 67.1 Å². The quantitative estimate of drug-likeness (QED) is 0.683. The molecule has 1 atom stereocenters. The van der Waals surface area contributed by atoms with E-state index in [1.807, 2.05) is 24.3 Å². The molecule has 0 bridgehead atoms. The van der Waals surface area contributed by atoms with Gasteiger partial charge in [0.1, 0.15) is 0 Å². The highest BCUT2D eigenvalue weighted by molar-refractivity contribution is 9.10. The van der Waals surface area contributed by atoms with Gasteiger partial charge in [-0.1, -0.05) is 55.6 Å². The van der Waals surface area contributed by atoms with Gasteiger partial charge in [-0.05, 0) is 53.8 Å². The van der Waals surface area contributed by atoms with Crippen LogP contribution in [0.1, 0.15) is 23.1 Å². The second-order valence-electron chi connectivity index (χ2n) is 5.73. The average molecular weight is 431 g/mol. The highest BCUT2D eigenvalue weighted by Crippen LogP contribution is 2.34. The van der Waals surface area contributed by atoms with E-state index in [0.717, 1.165) is 27.4 Å². The second kappa shape index (κ2) is 6.04. The number of fused-ring (bicyclic) bond motifs is 1. The summed E-state index contributed by atoms with van der Waals surface area (Å²) >= 11 is 13.2. The first-order chi connectivity index (χ1) is 9.95. The molecule has 0 spiro atoms. The van der Waals surface area contributed by atoms with Crippen LogP contribution in [0.25, 0.3) is 0 Å². The topological polar surface area (TPSA) is 20.2 Å². The van der Waals surface area contributed by atoms with Gasteiger partial charge in [-0.2, -0.15) is 0 Å². The van der Waals surface area contributed by atoms with Crippen molar-refractivity contribution in [2.24, 2.45) is 0 Å². The van der Waals surface area contributed by atoms with E-state index in [1.54, 1.807) is 0 Å². The molecule has 0 aliphatic heterocycles. The van der Waals surface area contributed by atoms with E-state index in [2.05, 4.69) is 44.0 Å². The zero-order valence-electron chi connectivity index (χ0n) is 11.4. The maximum absolute atomic E-state index is 11.0. The summed E-state index contributed by atoms with van der Waals surface area (Å²) in [6.45, 7) is 0. The third-order valence-electron chi connectivity index (χ3n) is 4.08. The first-order valence-electron chi connectivity index (χ1n) is 6.89. The van der Waals surface area contributed by atoms with Crippen LogP contribution in [0.15, 0.2) is 45.3 Å². The van der Waals surface area contributed by atoms with Gasteiger partial charge in [0.15, 0.2) is 0 Å². The van der Waals surface area contributed by atoms with Crippen LogP contribution >= 0.6 is 43.5 Å². The highest BCUT2D eigenvalue weighted by atomic mass is 79.9. The Morgan fingerprint density at radius 3 is 2.52 bits per heavy atom. The van der Waals surface area contributed by atoms with Crippen LogP contribution in [0.2, 0.25) is 5.02 Å². The van der Waals surface area contributed by atoms with Gasteiger partial charge in [0, 0.05) is 26.8 Å². The van der Waals surface area contributed by atoms with Crippen LogP contribution in [0.3, 0.4) is 0 Å². The molecule has 0 radical (unpaired) electrons. The van der Waals surface area contributed by atoms with Crippen LogP contribution < -0.4 is 0 Å². The van der Waals surface area contributed by atoms with Crippen LogP contribution in [-0.2, 0) is 19.3 Å². The Morgan fingerprint density at radius 1 is 1.05 bits per heavy atom. The highest BCUT2D eigenvalue weighted by Gasteiger charge is 2.32. The zero-order chi connectivity index (χ0) is 15.0. The van der Waals surface area contributed by atoms with Crippen LogP contribution in [0.4, 0.5) is 0 Å². The van der Waals surface area contributed by atoms with Crippen LogP contribution in [0, 0.1) is 0 Å². The number of aryl methyl sites for hydroxylation is 1. The summed E-state index contributed by atoms with van der Waals surface area (Å²) in [6.07, 6.45) is 2.94. The minimum absolute atomic E-state index is 0.592. The first kappa shape index (κ1) is 15.5. The summed E-state index contributed by atoms with van der Waals surface area (Å²) in [5.41, 5.74) is 2.86. The third kappa shape index (κ3) is 3.53. The Balaban J connectivity index is 1.84. The molecule has 1 aliphatic rings. The van der Waals surface area contributed by atoms with Crippen molar-refractivity contribution in [2.45, 2.75) is 31.3 Å². The Morgan fingerprint density at radius 2 is 1.76 bits per heavy atom. The fraction of sp³-hybridized carbons (Fsp3) is 0.294. The number of benzene rings is 2. The lowest BCUT2D eigenvalue weighted by atomic mass is 9.77.